The average Bonchev–Trinajstić information content (AvgIpc) is 3.55. The quantitative estimate of drug-likeness (QED) is 0.122. The molecule has 5 aromatic carbocycles. The predicted molar refractivity (Wildman–Crippen MR) is 259 cm³/mol. The van der Waals surface area contributed by atoms with E-state index in [1.807, 2.05) is 106 Å². The van der Waals surface area contributed by atoms with Crippen molar-refractivity contribution >= 4 is 31.8 Å². The summed E-state index contributed by atoms with van der Waals surface area (Å²) in [6.07, 6.45) is 1.02. The molecular weight excluding hydrogens is 853 g/mol. The summed E-state index contributed by atoms with van der Waals surface area (Å²) in [6, 6.07) is 34.5. The van der Waals surface area contributed by atoms with E-state index >= 15 is 4.79 Å². The summed E-state index contributed by atoms with van der Waals surface area (Å²) < 4.78 is 44.2. The van der Waals surface area contributed by atoms with Crippen LogP contribution < -0.4 is 20.6 Å². The van der Waals surface area contributed by atoms with Crippen LogP contribution >= 0.6 is 0 Å². The molecule has 0 spiro atoms. The minimum atomic E-state index is -3.66. The Labute approximate surface area is 385 Å². The molecular formula is C51H56N8O6S. The number of fused-ring (bicyclic) bond motifs is 2. The summed E-state index contributed by atoms with van der Waals surface area (Å²) in [5, 5.41) is 0.916. The molecule has 1 unspecified atom stereocenters. The topological polar surface area (TPSA) is 135 Å². The van der Waals surface area contributed by atoms with Crippen LogP contribution in [0.4, 0.5) is 0 Å². The lowest BCUT2D eigenvalue weighted by Crippen LogP contribution is -2.49. The van der Waals surface area contributed by atoms with Gasteiger partial charge in [-0.2, -0.15) is 4.31 Å². The van der Waals surface area contributed by atoms with Gasteiger partial charge < -0.3 is 14.4 Å². The zero-order valence-electron chi connectivity index (χ0n) is 38.0. The molecule has 0 bridgehead atoms. The highest BCUT2D eigenvalue weighted by atomic mass is 32.2. The van der Waals surface area contributed by atoms with E-state index in [9.17, 15) is 13.2 Å². The maximum atomic E-state index is 15.2. The molecule has 15 heteroatoms. The maximum absolute atomic E-state index is 15.2. The molecule has 342 valence electrons. The average molecular weight is 909 g/mol. The van der Waals surface area contributed by atoms with Crippen LogP contribution in [0.5, 0.6) is 11.5 Å². The van der Waals surface area contributed by atoms with Gasteiger partial charge in [-0.15, -0.1) is 0 Å². The third kappa shape index (κ3) is 8.88. The monoisotopic (exact) mass is 908 g/mol. The number of nitrogens with zero attached hydrogens (tertiary/aromatic N) is 8. The second-order valence-corrected chi connectivity index (χ2v) is 18.8. The Kier molecular flexibility index (Phi) is 13.2. The lowest BCUT2D eigenvalue weighted by molar-refractivity contribution is 0.139. The van der Waals surface area contributed by atoms with Crippen molar-refractivity contribution in [3.63, 3.8) is 0 Å². The number of likely N-dealkylation sites (N-methyl/N-ethyl adjacent to an activating group) is 1. The fourth-order valence-corrected chi connectivity index (χ4v) is 10.6. The number of sulfonamides is 1. The molecule has 0 N–H and O–H groups in total. The largest absolute Gasteiger partial charge is 0.492 e. The van der Waals surface area contributed by atoms with E-state index in [2.05, 4.69) is 21.7 Å². The number of ether oxygens (including phenoxy) is 2. The van der Waals surface area contributed by atoms with Crippen LogP contribution in [0.2, 0.25) is 0 Å². The van der Waals surface area contributed by atoms with Crippen LogP contribution in [-0.4, -0.2) is 119 Å². The van der Waals surface area contributed by atoms with Crippen molar-refractivity contribution in [2.45, 2.75) is 44.7 Å². The van der Waals surface area contributed by atoms with Crippen molar-refractivity contribution in [3.8, 4) is 34.0 Å². The Bertz CT molecular complexity index is 3110. The lowest BCUT2D eigenvalue weighted by Gasteiger charge is -2.37. The molecule has 9 rings (SSSR count). The molecule has 2 saturated heterocycles. The molecule has 0 aliphatic carbocycles. The molecule has 0 saturated carbocycles. The molecule has 2 aliphatic heterocycles. The van der Waals surface area contributed by atoms with Gasteiger partial charge in [0.15, 0.2) is 0 Å². The van der Waals surface area contributed by atoms with Gasteiger partial charge in [0, 0.05) is 39.3 Å². The number of benzene rings is 5. The minimum Gasteiger partial charge on any atom is -0.492 e. The first-order valence-corrected chi connectivity index (χ1v) is 24.3. The Morgan fingerprint density at radius 3 is 2.05 bits per heavy atom. The van der Waals surface area contributed by atoms with Crippen molar-refractivity contribution < 1.29 is 17.9 Å². The molecule has 4 heterocycles. The maximum Gasteiger partial charge on any atom is 0.266 e. The molecule has 14 nitrogen and oxygen atoms in total. The third-order valence-corrected chi connectivity index (χ3v) is 14.6. The second-order valence-electron chi connectivity index (χ2n) is 16.9. The third-order valence-electron chi connectivity index (χ3n) is 12.7. The number of hydrogen-bond acceptors (Lipinski definition) is 11. The number of aromatic nitrogens is 4. The summed E-state index contributed by atoms with van der Waals surface area (Å²) in [5.74, 6) is 2.23. The first-order chi connectivity index (χ1) is 32.0. The second kappa shape index (κ2) is 19.3. The highest BCUT2D eigenvalue weighted by Crippen LogP contribution is 2.34. The number of para-hydroxylation sites is 3. The predicted octanol–water partition coefficient (Wildman–Crippen LogP) is 6.75. The summed E-state index contributed by atoms with van der Waals surface area (Å²) in [5.41, 5.74) is 3.38. The van der Waals surface area contributed by atoms with Crippen LogP contribution in [0, 0.1) is 0 Å². The molecule has 66 heavy (non-hydrogen) atoms. The fourth-order valence-electron chi connectivity index (χ4n) is 9.19. The van der Waals surface area contributed by atoms with Gasteiger partial charge in [-0.1, -0.05) is 54.6 Å². The van der Waals surface area contributed by atoms with Crippen LogP contribution in [0.15, 0.2) is 130 Å². The SMILES string of the molecule is CCOc1ccc(-c2ccc3nc(C(C)N4CCN(S(=O)(=O)c5ccccc5)CC4)n(-c4ccccc4OCC)c(=O)c3c2)cc1-n1c(CN2CCCN(C)CC2)nc2ccccc2c1=O. The van der Waals surface area contributed by atoms with Gasteiger partial charge in [0.1, 0.15) is 23.1 Å². The van der Waals surface area contributed by atoms with Gasteiger partial charge in [-0.3, -0.25) is 28.5 Å². The van der Waals surface area contributed by atoms with Gasteiger partial charge in [-0.05, 0) is 119 Å². The number of rotatable bonds is 13. The van der Waals surface area contributed by atoms with Crippen LogP contribution in [-0.2, 0) is 16.6 Å². The van der Waals surface area contributed by atoms with Gasteiger partial charge in [-0.25, -0.2) is 18.4 Å². The van der Waals surface area contributed by atoms with Crippen LogP contribution in [0.3, 0.4) is 0 Å². The molecule has 7 aromatic rings. The van der Waals surface area contributed by atoms with Gasteiger partial charge >= 0.3 is 0 Å². The Hall–Kier alpha value is -6.23. The standard InChI is InChI=1S/C51H56N8O6S/c1-5-64-46-20-13-12-19-44(46)59-49(36(3)56-29-31-57(32-30-56)66(62,63)39-15-8-7-9-16-39)53-43-23-21-37(33-41(43)51(59)61)38-22-24-47(65-6-2)45(34-38)58-48(35-55-26-14-25-54(4)27-28-55)52-42-18-11-10-17-40(42)50(58)60/h7-13,15-24,33-34,36H,5-6,14,25-32,35H2,1-4H3. The number of hydrogen-bond donors (Lipinski definition) is 0. The van der Waals surface area contributed by atoms with Gasteiger partial charge in [0.05, 0.1) is 63.9 Å². The minimum absolute atomic E-state index is 0.180. The van der Waals surface area contributed by atoms with Crippen molar-refractivity contribution in [3.05, 3.63) is 148 Å². The summed E-state index contributed by atoms with van der Waals surface area (Å²) in [7, 11) is -1.52. The van der Waals surface area contributed by atoms with Gasteiger partial charge in [0.2, 0.25) is 10.0 Å². The van der Waals surface area contributed by atoms with E-state index in [0.29, 0.717) is 102 Å². The zero-order chi connectivity index (χ0) is 46.0. The highest BCUT2D eigenvalue weighted by Gasteiger charge is 2.32. The Morgan fingerprint density at radius 2 is 1.27 bits per heavy atom. The van der Waals surface area contributed by atoms with E-state index in [1.165, 1.54) is 4.31 Å². The van der Waals surface area contributed by atoms with E-state index in [0.717, 1.165) is 43.7 Å². The molecule has 0 radical (unpaired) electrons. The van der Waals surface area contributed by atoms with Crippen LogP contribution in [0.25, 0.3) is 44.3 Å². The van der Waals surface area contributed by atoms with Crippen molar-refractivity contribution in [1.82, 2.24) is 38.1 Å². The van der Waals surface area contributed by atoms with E-state index in [1.54, 1.807) is 39.5 Å². The molecule has 2 aliphatic rings. The smallest absolute Gasteiger partial charge is 0.266 e. The van der Waals surface area contributed by atoms with E-state index < -0.39 is 10.0 Å². The van der Waals surface area contributed by atoms with Crippen molar-refractivity contribution in [1.29, 1.82) is 0 Å². The van der Waals surface area contributed by atoms with E-state index in [-0.39, 0.29) is 22.1 Å². The number of piperazine rings is 1. The molecule has 2 fully saturated rings. The first-order valence-electron chi connectivity index (χ1n) is 22.8. The first kappa shape index (κ1) is 44.9. The van der Waals surface area contributed by atoms with E-state index in [4.69, 9.17) is 19.4 Å². The normalized spacial score (nSPS) is 16.4. The summed E-state index contributed by atoms with van der Waals surface area (Å²) in [6.45, 7) is 12.3. The van der Waals surface area contributed by atoms with Crippen LogP contribution in [0.1, 0.15) is 44.9 Å². The van der Waals surface area contributed by atoms with Gasteiger partial charge in [0.25, 0.3) is 11.1 Å². The molecule has 2 aromatic heterocycles. The van der Waals surface area contributed by atoms with Crippen molar-refractivity contribution in [2.75, 3.05) is 72.6 Å². The summed E-state index contributed by atoms with van der Waals surface area (Å²) in [4.78, 5) is 47.3. The molecule has 1 atom stereocenters. The highest BCUT2D eigenvalue weighted by molar-refractivity contribution is 7.89. The van der Waals surface area contributed by atoms with Crippen molar-refractivity contribution in [2.24, 2.45) is 0 Å². The fraction of sp³-hybridized carbons (Fsp3) is 0.333. The summed E-state index contributed by atoms with van der Waals surface area (Å²) >= 11 is 0. The zero-order valence-corrected chi connectivity index (χ0v) is 38.8. The molecule has 0 amide bonds. The Balaban J connectivity index is 1.13. The Morgan fingerprint density at radius 1 is 0.621 bits per heavy atom. The lowest BCUT2D eigenvalue weighted by atomic mass is 10.0.